The van der Waals surface area contributed by atoms with Gasteiger partial charge in [0.05, 0.1) is 6.10 Å². The van der Waals surface area contributed by atoms with Gasteiger partial charge in [0.25, 0.3) is 10.0 Å². The van der Waals surface area contributed by atoms with Gasteiger partial charge < -0.3 is 10.1 Å². The Kier molecular flexibility index (Phi) is 6.37. The molecule has 1 aliphatic rings. The van der Waals surface area contributed by atoms with E-state index in [0.29, 0.717) is 30.1 Å². The Morgan fingerprint density at radius 2 is 2.36 bits per heavy atom. The third-order valence-electron chi connectivity index (χ3n) is 3.59. The Morgan fingerprint density at radius 1 is 1.55 bits per heavy atom. The molecule has 0 aromatic carbocycles. The van der Waals surface area contributed by atoms with Crippen molar-refractivity contribution in [2.45, 2.75) is 36.0 Å². The first-order valence-corrected chi connectivity index (χ1v) is 9.70. The first-order chi connectivity index (χ1) is 10.5. The predicted octanol–water partition coefficient (Wildman–Crippen LogP) is 1.44. The summed E-state index contributed by atoms with van der Waals surface area (Å²) < 4.78 is 31.4. The van der Waals surface area contributed by atoms with E-state index in [2.05, 4.69) is 5.32 Å². The standard InChI is InChI=1S/C14H22N2O4S2/c1-16(22(18,19)14-7-4-10-21-14)8-2-6-13(17)15-11-12-5-3-9-20-12/h4,7,10,12H,2-3,5-6,8-9,11H2,1H3,(H,15,17). The number of ether oxygens (including phenoxy) is 1. The van der Waals surface area contributed by atoms with E-state index in [4.69, 9.17) is 4.74 Å². The first kappa shape index (κ1) is 17.4. The van der Waals surface area contributed by atoms with Crippen LogP contribution in [0, 0.1) is 0 Å². The molecule has 1 fully saturated rings. The van der Waals surface area contributed by atoms with Crippen LogP contribution in [0.3, 0.4) is 0 Å². The molecule has 0 aliphatic carbocycles. The maximum atomic E-state index is 12.2. The Morgan fingerprint density at radius 3 is 3.00 bits per heavy atom. The van der Waals surface area contributed by atoms with Crippen LogP contribution in [-0.2, 0) is 19.6 Å². The van der Waals surface area contributed by atoms with E-state index in [9.17, 15) is 13.2 Å². The van der Waals surface area contributed by atoms with Crippen molar-refractivity contribution < 1.29 is 17.9 Å². The zero-order valence-corrected chi connectivity index (χ0v) is 14.3. The molecule has 0 radical (unpaired) electrons. The Balaban J connectivity index is 1.68. The van der Waals surface area contributed by atoms with Gasteiger partial charge in [0.2, 0.25) is 5.91 Å². The van der Waals surface area contributed by atoms with Crippen molar-refractivity contribution >= 4 is 27.3 Å². The molecule has 0 saturated carbocycles. The highest BCUT2D eigenvalue weighted by Gasteiger charge is 2.21. The Labute approximate surface area is 135 Å². The Bertz CT molecular complexity index is 566. The lowest BCUT2D eigenvalue weighted by Gasteiger charge is -2.16. The Hall–Kier alpha value is -0.960. The number of hydrogen-bond acceptors (Lipinski definition) is 5. The minimum Gasteiger partial charge on any atom is -0.376 e. The molecule has 1 aliphatic heterocycles. The summed E-state index contributed by atoms with van der Waals surface area (Å²) in [7, 11) is -1.88. The molecule has 124 valence electrons. The van der Waals surface area contributed by atoms with Gasteiger partial charge in [-0.3, -0.25) is 4.79 Å². The van der Waals surface area contributed by atoms with Gasteiger partial charge in [0.15, 0.2) is 0 Å². The third kappa shape index (κ3) is 4.77. The molecule has 1 aromatic heterocycles. The van der Waals surface area contributed by atoms with Crippen molar-refractivity contribution in [2.75, 3.05) is 26.7 Å². The van der Waals surface area contributed by atoms with Crippen molar-refractivity contribution in [3.63, 3.8) is 0 Å². The van der Waals surface area contributed by atoms with Gasteiger partial charge >= 0.3 is 0 Å². The number of carbonyl (C=O) groups excluding carboxylic acids is 1. The van der Waals surface area contributed by atoms with Gasteiger partial charge in [-0.1, -0.05) is 6.07 Å². The molecule has 2 heterocycles. The zero-order valence-electron chi connectivity index (χ0n) is 12.7. The normalized spacial score (nSPS) is 18.7. The first-order valence-electron chi connectivity index (χ1n) is 7.38. The summed E-state index contributed by atoms with van der Waals surface area (Å²) in [5.41, 5.74) is 0. The molecule has 1 N–H and O–H groups in total. The molecule has 8 heteroatoms. The highest BCUT2D eigenvalue weighted by molar-refractivity contribution is 7.91. The number of sulfonamides is 1. The number of rotatable bonds is 8. The molecular formula is C14H22N2O4S2. The van der Waals surface area contributed by atoms with Crippen LogP contribution in [0.15, 0.2) is 21.7 Å². The lowest BCUT2D eigenvalue weighted by Crippen LogP contribution is -2.33. The summed E-state index contributed by atoms with van der Waals surface area (Å²) in [5, 5.41) is 4.57. The molecule has 22 heavy (non-hydrogen) atoms. The zero-order chi connectivity index (χ0) is 16.0. The van der Waals surface area contributed by atoms with Crippen LogP contribution in [0.25, 0.3) is 0 Å². The van der Waals surface area contributed by atoms with Gasteiger partial charge in [-0.05, 0) is 30.7 Å². The van der Waals surface area contributed by atoms with E-state index < -0.39 is 10.0 Å². The van der Waals surface area contributed by atoms with E-state index in [-0.39, 0.29) is 12.0 Å². The fourth-order valence-corrected chi connectivity index (χ4v) is 4.68. The van der Waals surface area contributed by atoms with Crippen molar-refractivity contribution in [3.8, 4) is 0 Å². The average Bonchev–Trinajstić information content (AvgIpc) is 3.18. The molecule has 1 unspecified atom stereocenters. The van der Waals surface area contributed by atoms with Gasteiger partial charge in [-0.25, -0.2) is 12.7 Å². The van der Waals surface area contributed by atoms with Crippen molar-refractivity contribution in [1.82, 2.24) is 9.62 Å². The van der Waals surface area contributed by atoms with Crippen LogP contribution >= 0.6 is 11.3 Å². The summed E-state index contributed by atoms with van der Waals surface area (Å²) in [4.78, 5) is 11.7. The summed E-state index contributed by atoms with van der Waals surface area (Å²) in [6.07, 6.45) is 2.98. The molecule has 1 aromatic rings. The van der Waals surface area contributed by atoms with Crippen LogP contribution in [-0.4, -0.2) is 51.5 Å². The van der Waals surface area contributed by atoms with Crippen LogP contribution in [0.5, 0.6) is 0 Å². The lowest BCUT2D eigenvalue weighted by atomic mass is 10.2. The summed E-state index contributed by atoms with van der Waals surface area (Å²) >= 11 is 1.20. The molecule has 2 rings (SSSR count). The number of carbonyl (C=O) groups is 1. The molecule has 1 atom stereocenters. The van der Waals surface area contributed by atoms with E-state index in [1.807, 2.05) is 0 Å². The molecule has 6 nitrogen and oxygen atoms in total. The monoisotopic (exact) mass is 346 g/mol. The second-order valence-electron chi connectivity index (χ2n) is 5.30. The molecular weight excluding hydrogens is 324 g/mol. The number of nitrogens with one attached hydrogen (secondary N) is 1. The van der Waals surface area contributed by atoms with Crippen LogP contribution in [0.2, 0.25) is 0 Å². The second-order valence-corrected chi connectivity index (χ2v) is 8.52. The molecule has 0 spiro atoms. The van der Waals surface area contributed by atoms with Crippen molar-refractivity contribution in [1.29, 1.82) is 0 Å². The van der Waals surface area contributed by atoms with Gasteiger partial charge in [-0.2, -0.15) is 0 Å². The van der Waals surface area contributed by atoms with Gasteiger partial charge in [0, 0.05) is 33.2 Å². The fourth-order valence-electron chi connectivity index (χ4n) is 2.27. The van der Waals surface area contributed by atoms with Crippen LogP contribution in [0.1, 0.15) is 25.7 Å². The second kappa shape index (κ2) is 8.05. The third-order valence-corrected chi connectivity index (χ3v) is 6.82. The average molecular weight is 346 g/mol. The van der Waals surface area contributed by atoms with Crippen molar-refractivity contribution in [2.24, 2.45) is 0 Å². The lowest BCUT2D eigenvalue weighted by molar-refractivity contribution is -0.121. The summed E-state index contributed by atoms with van der Waals surface area (Å²) in [6.45, 7) is 1.64. The topological polar surface area (TPSA) is 75.7 Å². The smallest absolute Gasteiger partial charge is 0.252 e. The van der Waals surface area contributed by atoms with E-state index >= 15 is 0 Å². The van der Waals surface area contributed by atoms with E-state index in [1.54, 1.807) is 24.6 Å². The molecule has 1 amide bonds. The maximum Gasteiger partial charge on any atom is 0.252 e. The minimum absolute atomic E-state index is 0.0579. The van der Waals surface area contributed by atoms with E-state index in [1.165, 1.54) is 15.6 Å². The largest absolute Gasteiger partial charge is 0.376 e. The van der Waals surface area contributed by atoms with E-state index in [0.717, 1.165) is 19.4 Å². The van der Waals surface area contributed by atoms with Gasteiger partial charge in [0.1, 0.15) is 4.21 Å². The number of hydrogen-bond donors (Lipinski definition) is 1. The van der Waals surface area contributed by atoms with Gasteiger partial charge in [-0.15, -0.1) is 11.3 Å². The highest BCUT2D eigenvalue weighted by Crippen LogP contribution is 2.20. The quantitative estimate of drug-likeness (QED) is 0.773. The molecule has 1 saturated heterocycles. The van der Waals surface area contributed by atoms with Crippen molar-refractivity contribution in [3.05, 3.63) is 17.5 Å². The fraction of sp³-hybridized carbons (Fsp3) is 0.643. The van der Waals surface area contributed by atoms with Crippen LogP contribution < -0.4 is 5.32 Å². The molecule has 0 bridgehead atoms. The number of thiophene rings is 1. The maximum absolute atomic E-state index is 12.2. The summed E-state index contributed by atoms with van der Waals surface area (Å²) in [5.74, 6) is -0.0579. The minimum atomic E-state index is -3.42. The van der Waals surface area contributed by atoms with Crippen LogP contribution in [0.4, 0.5) is 0 Å². The SMILES string of the molecule is CN(CCCC(=O)NCC1CCCO1)S(=O)(=O)c1cccs1. The highest BCUT2D eigenvalue weighted by atomic mass is 32.2. The summed E-state index contributed by atoms with van der Waals surface area (Å²) in [6, 6.07) is 3.30. The number of amides is 1. The number of nitrogens with zero attached hydrogens (tertiary/aromatic N) is 1. The predicted molar refractivity (Wildman–Crippen MR) is 85.4 cm³/mol.